The Morgan fingerprint density at radius 2 is 2.12 bits per heavy atom. The Balaban J connectivity index is 1.89. The number of benzene rings is 1. The molecule has 0 spiro atoms. The molecule has 1 aromatic heterocycles. The Kier molecular flexibility index (Phi) is 5.43. The van der Waals surface area contributed by atoms with E-state index in [1.165, 1.54) is 6.07 Å². The second-order valence-corrected chi connectivity index (χ2v) is 5.57. The molecule has 1 aromatic carbocycles. The van der Waals surface area contributed by atoms with Gasteiger partial charge in [-0.3, -0.25) is 0 Å². The molecule has 3 rings (SSSR count). The Hall–Kier alpha value is -2.59. The van der Waals surface area contributed by atoms with E-state index < -0.39 is 23.9 Å². The van der Waals surface area contributed by atoms with Gasteiger partial charge in [-0.15, -0.1) is 10.2 Å². The number of aliphatic hydroxyl groups excluding tert-OH is 1. The third-order valence-corrected chi connectivity index (χ3v) is 3.84. The molecule has 1 aliphatic rings. The van der Waals surface area contributed by atoms with Crippen molar-refractivity contribution in [3.63, 3.8) is 0 Å². The highest BCUT2D eigenvalue weighted by Gasteiger charge is 2.22. The van der Waals surface area contributed by atoms with Gasteiger partial charge in [-0.1, -0.05) is 0 Å². The highest BCUT2D eigenvalue weighted by atomic mass is 19.3. The highest BCUT2D eigenvalue weighted by Crippen LogP contribution is 2.38. The zero-order chi connectivity index (χ0) is 18.7. The van der Waals surface area contributed by atoms with Gasteiger partial charge in [0.05, 0.1) is 24.9 Å². The van der Waals surface area contributed by atoms with Crippen molar-refractivity contribution >= 4 is 5.82 Å². The number of nitrogens with zero attached hydrogens (tertiary/aromatic N) is 3. The topological polar surface area (TPSA) is 87.9 Å². The Morgan fingerprint density at radius 1 is 1.31 bits per heavy atom. The number of anilines is 1. The summed E-state index contributed by atoms with van der Waals surface area (Å²) in [7, 11) is 0. The number of hydrogen-bond donors (Lipinski definition) is 2. The van der Waals surface area contributed by atoms with Crippen LogP contribution in [0.2, 0.25) is 0 Å². The molecule has 1 fully saturated rings. The molecule has 0 radical (unpaired) electrons. The number of alkyl halides is 2. The molecule has 10 heteroatoms. The summed E-state index contributed by atoms with van der Waals surface area (Å²) in [5.41, 5.74) is -0.130. The van der Waals surface area contributed by atoms with Crippen LogP contribution in [-0.2, 0) is 4.74 Å². The first-order valence-electron chi connectivity index (χ1n) is 7.76. The summed E-state index contributed by atoms with van der Waals surface area (Å²) < 4.78 is 48.1. The fraction of sp³-hybridized carbons (Fsp3) is 0.375. The average Bonchev–Trinajstić information content (AvgIpc) is 2.61. The highest BCUT2D eigenvalue weighted by molar-refractivity contribution is 5.74. The van der Waals surface area contributed by atoms with Gasteiger partial charge in [0.1, 0.15) is 23.0 Å². The summed E-state index contributed by atoms with van der Waals surface area (Å²) >= 11 is 0. The van der Waals surface area contributed by atoms with Gasteiger partial charge < -0.3 is 24.6 Å². The van der Waals surface area contributed by atoms with Crippen LogP contribution in [0.25, 0.3) is 11.3 Å². The molecule has 0 amide bonds. The maximum atomic E-state index is 13.4. The molecule has 0 bridgehead atoms. The van der Waals surface area contributed by atoms with Crippen LogP contribution in [0.5, 0.6) is 11.5 Å². The van der Waals surface area contributed by atoms with Crippen LogP contribution in [0.1, 0.15) is 0 Å². The molecule has 0 saturated carbocycles. The number of aliphatic hydroxyl groups is 1. The SMILES string of the molecule is OCC1CN(c2ccc(-c3c(O)cc(F)cc3OC(F)F)nn2)CCO1. The molecule has 1 aliphatic heterocycles. The molecule has 140 valence electrons. The van der Waals surface area contributed by atoms with Gasteiger partial charge >= 0.3 is 6.61 Å². The number of rotatable bonds is 5. The van der Waals surface area contributed by atoms with Crippen LogP contribution in [0, 0.1) is 5.82 Å². The van der Waals surface area contributed by atoms with Gasteiger partial charge in [-0.2, -0.15) is 8.78 Å². The van der Waals surface area contributed by atoms with E-state index in [1.54, 1.807) is 6.07 Å². The van der Waals surface area contributed by atoms with Gasteiger partial charge in [0.25, 0.3) is 0 Å². The number of halogens is 3. The van der Waals surface area contributed by atoms with E-state index in [0.29, 0.717) is 25.5 Å². The lowest BCUT2D eigenvalue weighted by atomic mass is 10.1. The summed E-state index contributed by atoms with van der Waals surface area (Å²) in [6.45, 7) is -1.93. The van der Waals surface area contributed by atoms with Crippen LogP contribution >= 0.6 is 0 Å². The van der Waals surface area contributed by atoms with E-state index in [9.17, 15) is 23.4 Å². The van der Waals surface area contributed by atoms with Crippen molar-refractivity contribution in [2.45, 2.75) is 12.7 Å². The van der Waals surface area contributed by atoms with Crippen molar-refractivity contribution in [2.24, 2.45) is 0 Å². The second kappa shape index (κ2) is 7.75. The number of aromatic nitrogens is 2. The van der Waals surface area contributed by atoms with Crippen LogP contribution in [0.15, 0.2) is 24.3 Å². The standard InChI is InChI=1S/C16H16F3N3O4/c17-9-5-12(24)15(13(6-9)26-16(18)19)11-1-2-14(21-20-11)22-3-4-25-10(7-22)8-23/h1-2,5-6,10,16,23-24H,3-4,7-8H2. The van der Waals surface area contributed by atoms with Crippen molar-refractivity contribution in [2.75, 3.05) is 31.2 Å². The average molecular weight is 371 g/mol. The first-order valence-corrected chi connectivity index (χ1v) is 7.76. The summed E-state index contributed by atoms with van der Waals surface area (Å²) in [5.74, 6) is -1.55. The monoisotopic (exact) mass is 371 g/mol. The summed E-state index contributed by atoms with van der Waals surface area (Å²) in [5, 5.41) is 27.1. The van der Waals surface area contributed by atoms with Crippen molar-refractivity contribution < 1.29 is 32.9 Å². The van der Waals surface area contributed by atoms with Crippen molar-refractivity contribution in [1.82, 2.24) is 10.2 Å². The van der Waals surface area contributed by atoms with Crippen LogP contribution in [0.3, 0.4) is 0 Å². The number of phenolic OH excluding ortho intramolecular Hbond substituents is 1. The molecule has 1 unspecified atom stereocenters. The predicted octanol–water partition coefficient (Wildman–Crippen LogP) is 1.79. The number of aromatic hydroxyl groups is 1. The van der Waals surface area contributed by atoms with E-state index in [4.69, 9.17) is 4.74 Å². The second-order valence-electron chi connectivity index (χ2n) is 5.57. The quantitative estimate of drug-likeness (QED) is 0.828. The van der Waals surface area contributed by atoms with E-state index in [0.717, 1.165) is 12.1 Å². The van der Waals surface area contributed by atoms with Crippen LogP contribution in [0.4, 0.5) is 19.0 Å². The minimum absolute atomic E-state index is 0.0499. The zero-order valence-corrected chi connectivity index (χ0v) is 13.5. The molecule has 1 saturated heterocycles. The molecule has 7 nitrogen and oxygen atoms in total. The van der Waals surface area contributed by atoms with Crippen LogP contribution in [-0.4, -0.2) is 59.4 Å². The van der Waals surface area contributed by atoms with Gasteiger partial charge in [0, 0.05) is 25.2 Å². The lowest BCUT2D eigenvalue weighted by molar-refractivity contribution is -0.0496. The van der Waals surface area contributed by atoms with E-state index in [2.05, 4.69) is 14.9 Å². The summed E-state index contributed by atoms with van der Waals surface area (Å²) in [4.78, 5) is 1.85. The van der Waals surface area contributed by atoms with E-state index in [1.807, 2.05) is 4.90 Å². The zero-order valence-electron chi connectivity index (χ0n) is 13.5. The normalized spacial score (nSPS) is 17.6. The van der Waals surface area contributed by atoms with Gasteiger partial charge in [-0.05, 0) is 12.1 Å². The summed E-state index contributed by atoms with van der Waals surface area (Å²) in [6, 6.07) is 4.55. The van der Waals surface area contributed by atoms with Crippen molar-refractivity contribution in [3.8, 4) is 22.8 Å². The molecular formula is C16H16F3N3O4. The fourth-order valence-corrected chi connectivity index (χ4v) is 2.68. The fourth-order valence-electron chi connectivity index (χ4n) is 2.68. The van der Waals surface area contributed by atoms with E-state index >= 15 is 0 Å². The molecule has 1 atom stereocenters. The molecular weight excluding hydrogens is 355 g/mol. The Morgan fingerprint density at radius 3 is 2.77 bits per heavy atom. The largest absolute Gasteiger partial charge is 0.507 e. The Labute approximate surface area is 146 Å². The number of ether oxygens (including phenoxy) is 2. The molecule has 2 N–H and O–H groups in total. The maximum Gasteiger partial charge on any atom is 0.387 e. The van der Waals surface area contributed by atoms with E-state index in [-0.39, 0.29) is 24.0 Å². The third-order valence-electron chi connectivity index (χ3n) is 3.84. The maximum absolute atomic E-state index is 13.4. The van der Waals surface area contributed by atoms with Gasteiger partial charge in [0.2, 0.25) is 0 Å². The molecule has 2 aromatic rings. The molecule has 2 heterocycles. The third kappa shape index (κ3) is 3.97. The molecule has 0 aliphatic carbocycles. The lowest BCUT2D eigenvalue weighted by Gasteiger charge is -2.32. The minimum Gasteiger partial charge on any atom is -0.507 e. The minimum atomic E-state index is -3.19. The molecule has 26 heavy (non-hydrogen) atoms. The number of morpholine rings is 1. The number of phenols is 1. The van der Waals surface area contributed by atoms with Crippen molar-refractivity contribution in [1.29, 1.82) is 0 Å². The predicted molar refractivity (Wildman–Crippen MR) is 84.8 cm³/mol. The lowest BCUT2D eigenvalue weighted by Crippen LogP contribution is -2.44. The van der Waals surface area contributed by atoms with Crippen molar-refractivity contribution in [3.05, 3.63) is 30.1 Å². The first kappa shape index (κ1) is 18.2. The number of hydrogen-bond acceptors (Lipinski definition) is 7. The van der Waals surface area contributed by atoms with Gasteiger partial charge in [-0.25, -0.2) is 4.39 Å². The van der Waals surface area contributed by atoms with Crippen LogP contribution < -0.4 is 9.64 Å². The smallest absolute Gasteiger partial charge is 0.387 e. The summed E-state index contributed by atoms with van der Waals surface area (Å²) in [6.07, 6.45) is -0.336. The first-order chi connectivity index (χ1) is 12.5. The Bertz CT molecular complexity index is 761. The van der Waals surface area contributed by atoms with Gasteiger partial charge in [0.15, 0.2) is 5.82 Å².